The third kappa shape index (κ3) is 3.76. The molecule has 0 fully saturated rings. The Morgan fingerprint density at radius 2 is 1.68 bits per heavy atom. The van der Waals surface area contributed by atoms with Crippen LogP contribution in [0.2, 0.25) is 0 Å². The van der Waals surface area contributed by atoms with Crippen molar-refractivity contribution in [2.45, 2.75) is 26.8 Å². The predicted molar refractivity (Wildman–Crippen MR) is 139 cm³/mol. The smallest absolute Gasteiger partial charge is 0.338 e. The number of benzene rings is 2. The van der Waals surface area contributed by atoms with Crippen molar-refractivity contribution in [3.63, 3.8) is 0 Å². The van der Waals surface area contributed by atoms with Crippen LogP contribution in [0.4, 0.5) is 0 Å². The lowest BCUT2D eigenvalue weighted by Crippen LogP contribution is -2.25. The number of nitrogens with zero attached hydrogens (tertiary/aromatic N) is 5. The van der Waals surface area contributed by atoms with Gasteiger partial charge in [0.25, 0.3) is 5.56 Å². The SMILES string of the molecule is CCOC(=O)c1ccc(-n2c3nc4ccccc4nc3c3c(=O)n(Cc4ccco4)c(CC)nc32)cc1. The number of ether oxygens (including phenoxy) is 1. The van der Waals surface area contributed by atoms with Crippen molar-refractivity contribution in [2.24, 2.45) is 0 Å². The van der Waals surface area contributed by atoms with Gasteiger partial charge in [0.05, 0.1) is 36.0 Å². The lowest BCUT2D eigenvalue weighted by molar-refractivity contribution is 0.0526. The largest absolute Gasteiger partial charge is 0.467 e. The van der Waals surface area contributed by atoms with Crippen molar-refractivity contribution in [1.82, 2.24) is 24.1 Å². The summed E-state index contributed by atoms with van der Waals surface area (Å²) in [7, 11) is 0. The fourth-order valence-corrected chi connectivity index (χ4v) is 4.57. The van der Waals surface area contributed by atoms with Crippen LogP contribution in [0.15, 0.2) is 76.1 Å². The molecule has 0 radical (unpaired) electrons. The summed E-state index contributed by atoms with van der Waals surface area (Å²) in [5.41, 5.74) is 3.76. The van der Waals surface area contributed by atoms with E-state index in [4.69, 9.17) is 24.1 Å². The number of carbonyl (C=O) groups is 1. The number of rotatable bonds is 6. The zero-order chi connectivity index (χ0) is 25.5. The Morgan fingerprint density at radius 1 is 0.919 bits per heavy atom. The van der Waals surface area contributed by atoms with Crippen molar-refractivity contribution in [2.75, 3.05) is 6.61 Å². The highest BCUT2D eigenvalue weighted by Gasteiger charge is 2.23. The molecule has 0 unspecified atom stereocenters. The minimum absolute atomic E-state index is 0.213. The summed E-state index contributed by atoms with van der Waals surface area (Å²) in [6.45, 7) is 4.28. The number of carbonyl (C=O) groups excluding carboxylic acids is 1. The molecule has 0 aliphatic carbocycles. The Kier molecular flexibility index (Phi) is 5.52. The van der Waals surface area contributed by atoms with E-state index >= 15 is 0 Å². The summed E-state index contributed by atoms with van der Waals surface area (Å²) >= 11 is 0. The molecule has 37 heavy (non-hydrogen) atoms. The van der Waals surface area contributed by atoms with Gasteiger partial charge < -0.3 is 9.15 Å². The number of hydrogen-bond acceptors (Lipinski definition) is 7. The van der Waals surface area contributed by atoms with Gasteiger partial charge in [0.15, 0.2) is 11.3 Å². The van der Waals surface area contributed by atoms with Crippen LogP contribution in [0, 0.1) is 0 Å². The molecular weight excluding hydrogens is 470 g/mol. The number of fused-ring (bicyclic) bond motifs is 4. The number of para-hydroxylation sites is 2. The fourth-order valence-electron chi connectivity index (χ4n) is 4.57. The Labute approximate surface area is 211 Å². The third-order valence-corrected chi connectivity index (χ3v) is 6.29. The van der Waals surface area contributed by atoms with E-state index in [1.165, 1.54) is 0 Å². The van der Waals surface area contributed by atoms with E-state index < -0.39 is 5.97 Å². The second-order valence-electron chi connectivity index (χ2n) is 8.54. The molecule has 0 saturated carbocycles. The molecule has 0 atom stereocenters. The summed E-state index contributed by atoms with van der Waals surface area (Å²) in [6, 6.07) is 18.1. The van der Waals surface area contributed by atoms with Gasteiger partial charge in [0, 0.05) is 12.1 Å². The quantitative estimate of drug-likeness (QED) is 0.311. The van der Waals surface area contributed by atoms with E-state index in [1.807, 2.05) is 41.8 Å². The molecule has 6 aromatic rings. The van der Waals surface area contributed by atoms with Crippen LogP contribution in [-0.4, -0.2) is 36.7 Å². The highest BCUT2D eigenvalue weighted by Crippen LogP contribution is 2.29. The van der Waals surface area contributed by atoms with Crippen molar-refractivity contribution in [3.8, 4) is 5.69 Å². The molecule has 0 saturated heterocycles. The molecule has 2 aromatic carbocycles. The lowest BCUT2D eigenvalue weighted by atomic mass is 10.2. The molecule has 4 aromatic heterocycles. The topological polar surface area (TPSA) is 105 Å². The van der Waals surface area contributed by atoms with Crippen LogP contribution in [0.3, 0.4) is 0 Å². The monoisotopic (exact) mass is 493 g/mol. The first-order valence-corrected chi connectivity index (χ1v) is 12.1. The Hall–Kier alpha value is -4.79. The highest BCUT2D eigenvalue weighted by molar-refractivity contribution is 6.06. The van der Waals surface area contributed by atoms with Crippen LogP contribution in [0.5, 0.6) is 0 Å². The summed E-state index contributed by atoms with van der Waals surface area (Å²) in [6.07, 6.45) is 2.12. The van der Waals surface area contributed by atoms with E-state index in [1.54, 1.807) is 48.1 Å². The first-order valence-electron chi connectivity index (χ1n) is 12.1. The van der Waals surface area contributed by atoms with Crippen molar-refractivity contribution >= 4 is 39.2 Å². The zero-order valence-electron chi connectivity index (χ0n) is 20.3. The van der Waals surface area contributed by atoms with Crippen LogP contribution in [0.25, 0.3) is 38.9 Å². The molecule has 0 bridgehead atoms. The Morgan fingerprint density at radius 3 is 2.35 bits per heavy atom. The number of esters is 1. The molecule has 0 aliphatic heterocycles. The molecule has 0 amide bonds. The van der Waals surface area contributed by atoms with Gasteiger partial charge in [-0.3, -0.25) is 13.9 Å². The minimum Gasteiger partial charge on any atom is -0.467 e. The molecule has 9 heteroatoms. The molecule has 9 nitrogen and oxygen atoms in total. The molecule has 0 aliphatic rings. The first-order chi connectivity index (χ1) is 18.1. The molecule has 0 N–H and O–H groups in total. The summed E-state index contributed by atoms with van der Waals surface area (Å²) in [4.78, 5) is 40.8. The zero-order valence-corrected chi connectivity index (χ0v) is 20.3. The van der Waals surface area contributed by atoms with Gasteiger partial charge in [0.2, 0.25) is 0 Å². The molecule has 184 valence electrons. The van der Waals surface area contributed by atoms with Gasteiger partial charge >= 0.3 is 5.97 Å². The summed E-state index contributed by atoms with van der Waals surface area (Å²) < 4.78 is 14.1. The summed E-state index contributed by atoms with van der Waals surface area (Å²) in [5.74, 6) is 0.882. The van der Waals surface area contributed by atoms with E-state index in [-0.39, 0.29) is 12.1 Å². The third-order valence-electron chi connectivity index (χ3n) is 6.29. The van der Waals surface area contributed by atoms with Crippen LogP contribution in [0.1, 0.15) is 35.8 Å². The maximum atomic E-state index is 14.0. The maximum Gasteiger partial charge on any atom is 0.338 e. The number of furan rings is 1. The molecule has 0 spiro atoms. The lowest BCUT2D eigenvalue weighted by Gasteiger charge is -2.12. The van der Waals surface area contributed by atoms with Gasteiger partial charge in [0.1, 0.15) is 22.5 Å². The molecule has 4 heterocycles. The second-order valence-corrected chi connectivity index (χ2v) is 8.54. The second kappa shape index (κ2) is 9.02. The van der Waals surface area contributed by atoms with E-state index in [9.17, 15) is 9.59 Å². The highest BCUT2D eigenvalue weighted by atomic mass is 16.5. The van der Waals surface area contributed by atoms with Gasteiger partial charge in [-0.05, 0) is 55.5 Å². The van der Waals surface area contributed by atoms with Crippen LogP contribution in [-0.2, 0) is 17.7 Å². The van der Waals surface area contributed by atoms with Gasteiger partial charge in [-0.25, -0.2) is 19.7 Å². The molecular formula is C28H23N5O4. The predicted octanol–water partition coefficient (Wildman–Crippen LogP) is 4.66. The summed E-state index contributed by atoms with van der Waals surface area (Å²) in [5, 5.41) is 0.381. The van der Waals surface area contributed by atoms with Crippen molar-refractivity contribution in [1.29, 1.82) is 0 Å². The van der Waals surface area contributed by atoms with Crippen LogP contribution >= 0.6 is 0 Å². The first kappa shape index (κ1) is 22.7. The Balaban J connectivity index is 1.67. The van der Waals surface area contributed by atoms with E-state index in [0.29, 0.717) is 69.1 Å². The number of aromatic nitrogens is 5. The van der Waals surface area contributed by atoms with Crippen molar-refractivity contribution < 1.29 is 13.9 Å². The standard InChI is InChI=1S/C28H23N5O4/c1-3-22-31-25-23(27(34)32(22)16-19-8-7-15-37-19)24-26(30-21-10-6-5-9-20(21)29-24)33(25)18-13-11-17(12-14-18)28(35)36-4-2/h5-15H,3-4,16H2,1-2H3. The Bertz CT molecular complexity index is 1830. The van der Waals surface area contributed by atoms with Crippen LogP contribution < -0.4 is 5.56 Å². The van der Waals surface area contributed by atoms with Gasteiger partial charge in [-0.15, -0.1) is 0 Å². The minimum atomic E-state index is -0.394. The molecule has 6 rings (SSSR count). The maximum absolute atomic E-state index is 14.0. The fraction of sp³-hybridized carbons (Fsp3) is 0.179. The number of aryl methyl sites for hydroxylation is 1. The van der Waals surface area contributed by atoms with E-state index in [0.717, 1.165) is 0 Å². The van der Waals surface area contributed by atoms with Gasteiger partial charge in [-0.2, -0.15) is 0 Å². The van der Waals surface area contributed by atoms with Crippen molar-refractivity contribution in [3.05, 3.63) is 94.4 Å². The average Bonchev–Trinajstić information content (AvgIpc) is 3.54. The van der Waals surface area contributed by atoms with Gasteiger partial charge in [-0.1, -0.05) is 19.1 Å². The van der Waals surface area contributed by atoms with E-state index in [2.05, 4.69) is 0 Å². The number of hydrogen-bond donors (Lipinski definition) is 0. The average molecular weight is 494 g/mol. The normalized spacial score (nSPS) is 11.5.